The number of aromatic amines is 1. The van der Waals surface area contributed by atoms with Gasteiger partial charge >= 0.3 is 0 Å². The second-order valence-corrected chi connectivity index (χ2v) is 7.04. The molecule has 2 N–H and O–H groups in total. The third-order valence-corrected chi connectivity index (χ3v) is 5.14. The van der Waals surface area contributed by atoms with Gasteiger partial charge in [0.15, 0.2) is 0 Å². The second kappa shape index (κ2) is 8.43. The largest absolute Gasteiger partial charge is 0.379 e. The molecule has 0 spiro atoms. The van der Waals surface area contributed by atoms with E-state index in [2.05, 4.69) is 20.5 Å². The van der Waals surface area contributed by atoms with Crippen LogP contribution in [-0.4, -0.2) is 46.4 Å². The Bertz CT molecular complexity index is 850. The van der Waals surface area contributed by atoms with E-state index in [4.69, 9.17) is 9.47 Å². The predicted molar refractivity (Wildman–Crippen MR) is 101 cm³/mol. The molecule has 140 valence electrons. The summed E-state index contributed by atoms with van der Waals surface area (Å²) in [5, 5.41) is 11.9. The molecule has 1 aromatic carbocycles. The van der Waals surface area contributed by atoms with Gasteiger partial charge in [-0.3, -0.25) is 9.89 Å². The fourth-order valence-corrected chi connectivity index (χ4v) is 3.56. The van der Waals surface area contributed by atoms with Crippen molar-refractivity contribution in [2.24, 2.45) is 0 Å². The molecule has 4 rings (SSSR count). The van der Waals surface area contributed by atoms with Crippen molar-refractivity contribution >= 4 is 17.2 Å². The van der Waals surface area contributed by atoms with Crippen LogP contribution in [0, 0.1) is 0 Å². The molecule has 8 heteroatoms. The third kappa shape index (κ3) is 4.41. The summed E-state index contributed by atoms with van der Waals surface area (Å²) in [6.45, 7) is 1.50. The van der Waals surface area contributed by atoms with Crippen LogP contribution >= 0.6 is 11.3 Å². The van der Waals surface area contributed by atoms with E-state index in [9.17, 15) is 4.79 Å². The number of nitrogens with one attached hydrogen (secondary N) is 2. The zero-order valence-corrected chi connectivity index (χ0v) is 15.4. The van der Waals surface area contributed by atoms with Crippen LogP contribution in [0.4, 0.5) is 0 Å². The molecule has 3 aromatic rings. The van der Waals surface area contributed by atoms with Crippen LogP contribution in [0.5, 0.6) is 0 Å². The van der Waals surface area contributed by atoms with Gasteiger partial charge in [-0.2, -0.15) is 5.10 Å². The van der Waals surface area contributed by atoms with Crippen molar-refractivity contribution in [2.45, 2.75) is 25.2 Å². The maximum absolute atomic E-state index is 12.7. The van der Waals surface area contributed by atoms with E-state index in [0.717, 1.165) is 23.4 Å². The maximum Gasteiger partial charge on any atom is 0.251 e. The lowest BCUT2D eigenvalue weighted by Crippen LogP contribution is -2.49. The quantitative estimate of drug-likeness (QED) is 0.682. The van der Waals surface area contributed by atoms with Crippen molar-refractivity contribution in [3.05, 3.63) is 58.7 Å². The van der Waals surface area contributed by atoms with Crippen molar-refractivity contribution in [1.82, 2.24) is 20.5 Å². The van der Waals surface area contributed by atoms with E-state index < -0.39 is 0 Å². The van der Waals surface area contributed by atoms with Crippen LogP contribution in [0.2, 0.25) is 0 Å². The Morgan fingerprint density at radius 2 is 2.22 bits per heavy atom. The van der Waals surface area contributed by atoms with Gasteiger partial charge < -0.3 is 14.8 Å². The molecule has 2 atom stereocenters. The van der Waals surface area contributed by atoms with Crippen molar-refractivity contribution in [1.29, 1.82) is 0 Å². The van der Waals surface area contributed by atoms with Gasteiger partial charge in [0.1, 0.15) is 6.10 Å². The highest BCUT2D eigenvalue weighted by Gasteiger charge is 2.28. The van der Waals surface area contributed by atoms with Crippen LogP contribution in [0.3, 0.4) is 0 Å². The number of H-pyrrole nitrogens is 1. The molecule has 7 nitrogen and oxygen atoms in total. The molecule has 0 unspecified atom stereocenters. The number of ether oxygens (including phenoxy) is 2. The van der Waals surface area contributed by atoms with Crippen molar-refractivity contribution < 1.29 is 14.3 Å². The molecule has 3 heterocycles. The van der Waals surface area contributed by atoms with Gasteiger partial charge in [0.2, 0.25) is 0 Å². The standard InChI is InChI=1S/C19H20N4O3S/c24-19(14-3-1-13(2-4-14)16-5-7-21-23-16)22-17-6-8-25-10-18(17)26-9-15-11-27-12-20-15/h1-5,7,11-12,17-18H,6,8-10H2,(H,21,23)(H,22,24)/t17-,18-/m1/s1. The SMILES string of the molecule is O=C(N[C@@H]1CCOC[C@H]1OCc1cscn1)c1ccc(-c2ccn[nH]2)cc1. The summed E-state index contributed by atoms with van der Waals surface area (Å²) in [4.78, 5) is 16.9. The average molecular weight is 384 g/mol. The minimum Gasteiger partial charge on any atom is -0.379 e. The number of carbonyl (C=O) groups is 1. The Morgan fingerprint density at radius 1 is 1.33 bits per heavy atom. The molecule has 1 fully saturated rings. The first kappa shape index (κ1) is 17.8. The topological polar surface area (TPSA) is 89.1 Å². The van der Waals surface area contributed by atoms with E-state index in [-0.39, 0.29) is 18.1 Å². The fraction of sp³-hybridized carbons (Fsp3) is 0.316. The normalized spacial score (nSPS) is 19.7. The molecule has 1 saturated heterocycles. The number of benzene rings is 1. The van der Waals surface area contributed by atoms with Gasteiger partial charge in [-0.25, -0.2) is 4.98 Å². The lowest BCUT2D eigenvalue weighted by molar-refractivity contribution is -0.0742. The number of aromatic nitrogens is 3. The molecule has 1 amide bonds. The molecule has 27 heavy (non-hydrogen) atoms. The van der Waals surface area contributed by atoms with E-state index in [0.29, 0.717) is 25.4 Å². The smallest absolute Gasteiger partial charge is 0.251 e. The van der Waals surface area contributed by atoms with Gasteiger partial charge in [-0.1, -0.05) is 12.1 Å². The Morgan fingerprint density at radius 3 is 2.96 bits per heavy atom. The number of carbonyl (C=O) groups excluding carboxylic acids is 1. The monoisotopic (exact) mass is 384 g/mol. The first-order valence-electron chi connectivity index (χ1n) is 8.76. The van der Waals surface area contributed by atoms with E-state index in [1.54, 1.807) is 11.7 Å². The lowest BCUT2D eigenvalue weighted by atomic mass is 10.0. The summed E-state index contributed by atoms with van der Waals surface area (Å²) < 4.78 is 11.5. The summed E-state index contributed by atoms with van der Waals surface area (Å²) in [5.41, 5.74) is 5.19. The second-order valence-electron chi connectivity index (χ2n) is 6.32. The number of thiazole rings is 1. The lowest BCUT2D eigenvalue weighted by Gasteiger charge is -2.32. The molecule has 1 aliphatic rings. The van der Waals surface area contributed by atoms with Crippen LogP contribution in [-0.2, 0) is 16.1 Å². The summed E-state index contributed by atoms with van der Waals surface area (Å²) >= 11 is 1.54. The van der Waals surface area contributed by atoms with E-state index in [1.807, 2.05) is 35.7 Å². The number of amides is 1. The zero-order chi connectivity index (χ0) is 18.5. The number of rotatable bonds is 6. The van der Waals surface area contributed by atoms with E-state index in [1.165, 1.54) is 11.3 Å². The Hall–Kier alpha value is -2.55. The average Bonchev–Trinajstić information content (AvgIpc) is 3.41. The number of hydrogen-bond donors (Lipinski definition) is 2. The Balaban J connectivity index is 1.38. The minimum absolute atomic E-state index is 0.0860. The van der Waals surface area contributed by atoms with Crippen molar-refractivity contribution in [2.75, 3.05) is 13.2 Å². The Labute approximate surface area is 160 Å². The molecule has 0 saturated carbocycles. The van der Waals surface area contributed by atoms with Crippen molar-refractivity contribution in [3.63, 3.8) is 0 Å². The van der Waals surface area contributed by atoms with Gasteiger partial charge in [0.25, 0.3) is 5.91 Å². The first-order chi connectivity index (χ1) is 13.3. The molecular weight excluding hydrogens is 364 g/mol. The van der Waals surface area contributed by atoms with Gasteiger partial charge in [-0.15, -0.1) is 11.3 Å². The predicted octanol–water partition coefficient (Wildman–Crippen LogP) is 2.64. The Kier molecular flexibility index (Phi) is 5.57. The highest BCUT2D eigenvalue weighted by atomic mass is 32.1. The zero-order valence-electron chi connectivity index (χ0n) is 14.6. The number of nitrogens with zero attached hydrogens (tertiary/aromatic N) is 2. The first-order valence-corrected chi connectivity index (χ1v) is 9.71. The molecule has 1 aliphatic heterocycles. The number of hydrogen-bond acceptors (Lipinski definition) is 6. The third-order valence-electron chi connectivity index (χ3n) is 4.51. The summed E-state index contributed by atoms with van der Waals surface area (Å²) in [5.74, 6) is -0.111. The van der Waals surface area contributed by atoms with Crippen LogP contribution < -0.4 is 5.32 Å². The summed E-state index contributed by atoms with van der Waals surface area (Å²) in [6, 6.07) is 9.25. The summed E-state index contributed by atoms with van der Waals surface area (Å²) in [6.07, 6.45) is 2.24. The maximum atomic E-state index is 12.7. The van der Waals surface area contributed by atoms with Crippen LogP contribution in [0.25, 0.3) is 11.3 Å². The van der Waals surface area contributed by atoms with Crippen molar-refractivity contribution in [3.8, 4) is 11.3 Å². The molecule has 0 aliphatic carbocycles. The van der Waals surface area contributed by atoms with Gasteiger partial charge in [-0.05, 0) is 30.2 Å². The molecule has 0 radical (unpaired) electrons. The molecular formula is C19H20N4O3S. The van der Waals surface area contributed by atoms with Crippen LogP contribution in [0.15, 0.2) is 47.4 Å². The van der Waals surface area contributed by atoms with Crippen LogP contribution in [0.1, 0.15) is 22.5 Å². The highest BCUT2D eigenvalue weighted by molar-refractivity contribution is 7.07. The highest BCUT2D eigenvalue weighted by Crippen LogP contribution is 2.18. The molecule has 0 bridgehead atoms. The van der Waals surface area contributed by atoms with Gasteiger partial charge in [0.05, 0.1) is 36.2 Å². The molecule has 2 aromatic heterocycles. The van der Waals surface area contributed by atoms with Gasteiger partial charge in [0, 0.05) is 23.7 Å². The van der Waals surface area contributed by atoms with E-state index >= 15 is 0 Å². The summed E-state index contributed by atoms with van der Waals surface area (Å²) in [7, 11) is 0. The fourth-order valence-electron chi connectivity index (χ4n) is 3.01. The minimum atomic E-state index is -0.186.